The number of hydrogen-bond acceptors (Lipinski definition) is 3. The van der Waals surface area contributed by atoms with Gasteiger partial charge >= 0.3 is 6.03 Å². The number of nitrogens with one attached hydrogen (secondary N) is 2. The molecule has 0 aromatic carbocycles. The number of thiophene rings is 1. The van der Waals surface area contributed by atoms with Gasteiger partial charge in [-0.15, -0.1) is 11.3 Å². The molecule has 2 rings (SSSR count). The van der Waals surface area contributed by atoms with Crippen LogP contribution >= 0.6 is 22.9 Å². The summed E-state index contributed by atoms with van der Waals surface area (Å²) >= 11 is 7.49. The molecule has 0 radical (unpaired) electrons. The lowest BCUT2D eigenvalue weighted by Crippen LogP contribution is -2.51. The SMILES string of the molecule is CN1C[C@@H](NC(=O)NCCCCc2ccc(Cl)s2)CCC1=O. The van der Waals surface area contributed by atoms with E-state index in [0.29, 0.717) is 19.5 Å². The van der Waals surface area contributed by atoms with Gasteiger partial charge in [0.25, 0.3) is 0 Å². The lowest BCUT2D eigenvalue weighted by Gasteiger charge is -2.30. The fraction of sp³-hybridized carbons (Fsp3) is 0.600. The van der Waals surface area contributed by atoms with Gasteiger partial charge in [0.1, 0.15) is 0 Å². The minimum Gasteiger partial charge on any atom is -0.344 e. The monoisotopic (exact) mass is 343 g/mol. The molecular weight excluding hydrogens is 322 g/mol. The molecule has 1 saturated heterocycles. The summed E-state index contributed by atoms with van der Waals surface area (Å²) in [5.41, 5.74) is 0. The van der Waals surface area contributed by atoms with Crippen LogP contribution < -0.4 is 10.6 Å². The molecule has 2 heterocycles. The Morgan fingerprint density at radius 1 is 1.45 bits per heavy atom. The number of likely N-dealkylation sites (N-methyl/N-ethyl adjacent to an activating group) is 1. The van der Waals surface area contributed by atoms with E-state index in [1.54, 1.807) is 23.3 Å². The number of nitrogens with zero attached hydrogens (tertiary/aromatic N) is 1. The van der Waals surface area contributed by atoms with Crippen molar-refractivity contribution in [3.8, 4) is 0 Å². The van der Waals surface area contributed by atoms with Crippen LogP contribution in [0.3, 0.4) is 0 Å². The van der Waals surface area contributed by atoms with E-state index in [1.165, 1.54) is 4.88 Å². The highest BCUT2D eigenvalue weighted by molar-refractivity contribution is 7.16. The molecule has 1 aliphatic rings. The van der Waals surface area contributed by atoms with Crippen molar-refractivity contribution >= 4 is 34.9 Å². The Kier molecular flexibility index (Phi) is 6.51. The molecule has 0 bridgehead atoms. The van der Waals surface area contributed by atoms with Crippen molar-refractivity contribution in [3.05, 3.63) is 21.3 Å². The van der Waals surface area contributed by atoms with Gasteiger partial charge in [0.2, 0.25) is 5.91 Å². The van der Waals surface area contributed by atoms with Gasteiger partial charge in [0, 0.05) is 37.5 Å². The molecule has 1 fully saturated rings. The van der Waals surface area contributed by atoms with Crippen LogP contribution in [0.25, 0.3) is 0 Å². The summed E-state index contributed by atoms with van der Waals surface area (Å²) in [6.45, 7) is 1.25. The molecule has 0 saturated carbocycles. The number of rotatable bonds is 6. The van der Waals surface area contributed by atoms with Crippen molar-refractivity contribution in [2.24, 2.45) is 0 Å². The average molecular weight is 344 g/mol. The molecule has 0 aliphatic carbocycles. The highest BCUT2D eigenvalue weighted by atomic mass is 35.5. The average Bonchev–Trinajstić information content (AvgIpc) is 2.88. The third-order valence-electron chi connectivity index (χ3n) is 3.73. The summed E-state index contributed by atoms with van der Waals surface area (Å²) in [5, 5.41) is 5.79. The number of urea groups is 1. The Morgan fingerprint density at radius 2 is 2.27 bits per heavy atom. The first-order chi connectivity index (χ1) is 10.5. The largest absolute Gasteiger partial charge is 0.344 e. The molecule has 0 spiro atoms. The Balaban J connectivity index is 1.55. The Morgan fingerprint density at radius 3 is 2.95 bits per heavy atom. The number of piperidine rings is 1. The number of hydrogen-bond donors (Lipinski definition) is 2. The van der Waals surface area contributed by atoms with E-state index in [0.717, 1.165) is 30.0 Å². The van der Waals surface area contributed by atoms with Crippen LogP contribution in [0.15, 0.2) is 12.1 Å². The highest BCUT2D eigenvalue weighted by Crippen LogP contribution is 2.22. The topological polar surface area (TPSA) is 61.4 Å². The highest BCUT2D eigenvalue weighted by Gasteiger charge is 2.23. The quantitative estimate of drug-likeness (QED) is 0.780. The first-order valence-corrected chi connectivity index (χ1v) is 8.76. The van der Waals surface area contributed by atoms with Crippen molar-refractivity contribution in [2.75, 3.05) is 20.1 Å². The molecule has 2 N–H and O–H groups in total. The molecule has 5 nitrogen and oxygen atoms in total. The fourth-order valence-electron chi connectivity index (χ4n) is 2.48. The third kappa shape index (κ3) is 5.50. The molecule has 1 aromatic rings. The van der Waals surface area contributed by atoms with Gasteiger partial charge < -0.3 is 15.5 Å². The van der Waals surface area contributed by atoms with Gasteiger partial charge in [-0.05, 0) is 37.8 Å². The summed E-state index contributed by atoms with van der Waals surface area (Å²) in [4.78, 5) is 26.1. The van der Waals surface area contributed by atoms with Crippen LogP contribution in [-0.4, -0.2) is 43.0 Å². The van der Waals surface area contributed by atoms with Crippen LogP contribution in [-0.2, 0) is 11.2 Å². The zero-order valence-electron chi connectivity index (χ0n) is 12.7. The molecular formula is C15H22ClN3O2S. The number of carbonyl (C=O) groups is 2. The minimum atomic E-state index is -0.146. The standard InChI is InChI=1S/C15H22ClN3O2S/c1-19-10-11(5-8-14(19)20)18-15(21)17-9-3-2-4-12-6-7-13(16)22-12/h6-7,11H,2-5,8-10H2,1H3,(H2,17,18,21)/t11-/m0/s1. The number of halogens is 1. The van der Waals surface area contributed by atoms with Gasteiger partial charge in [-0.25, -0.2) is 4.79 Å². The third-order valence-corrected chi connectivity index (χ3v) is 5.02. The van der Waals surface area contributed by atoms with Crippen molar-refractivity contribution in [3.63, 3.8) is 0 Å². The maximum absolute atomic E-state index is 11.8. The van der Waals surface area contributed by atoms with Crippen LogP contribution in [0.4, 0.5) is 4.79 Å². The Hall–Kier alpha value is -1.27. The van der Waals surface area contributed by atoms with E-state index < -0.39 is 0 Å². The van der Waals surface area contributed by atoms with Gasteiger partial charge in [-0.2, -0.15) is 0 Å². The molecule has 3 amide bonds. The number of unbranched alkanes of at least 4 members (excludes halogenated alkanes) is 1. The number of aryl methyl sites for hydroxylation is 1. The van der Waals surface area contributed by atoms with E-state index in [1.807, 2.05) is 12.1 Å². The first kappa shape index (κ1) is 17.1. The summed E-state index contributed by atoms with van der Waals surface area (Å²) in [7, 11) is 1.77. The molecule has 1 atom stereocenters. The number of carbonyl (C=O) groups excluding carboxylic acids is 2. The summed E-state index contributed by atoms with van der Waals surface area (Å²) in [6.07, 6.45) is 4.18. The van der Waals surface area contributed by atoms with Gasteiger partial charge in [0.05, 0.1) is 4.34 Å². The predicted molar refractivity (Wildman–Crippen MR) is 89.5 cm³/mol. The van der Waals surface area contributed by atoms with E-state index in [2.05, 4.69) is 10.6 Å². The maximum atomic E-state index is 11.8. The molecule has 1 aliphatic heterocycles. The van der Waals surface area contributed by atoms with E-state index in [4.69, 9.17) is 11.6 Å². The predicted octanol–water partition coefficient (Wildman–Crippen LogP) is 2.64. The maximum Gasteiger partial charge on any atom is 0.315 e. The summed E-state index contributed by atoms with van der Waals surface area (Å²) < 4.78 is 0.823. The van der Waals surface area contributed by atoms with Crippen LogP contribution in [0, 0.1) is 0 Å². The van der Waals surface area contributed by atoms with Crippen LogP contribution in [0.5, 0.6) is 0 Å². The van der Waals surface area contributed by atoms with Gasteiger partial charge in [-0.1, -0.05) is 11.6 Å². The molecule has 1 aromatic heterocycles. The zero-order chi connectivity index (χ0) is 15.9. The van der Waals surface area contributed by atoms with E-state index >= 15 is 0 Å². The summed E-state index contributed by atoms with van der Waals surface area (Å²) in [6, 6.07) is 3.87. The molecule has 22 heavy (non-hydrogen) atoms. The van der Waals surface area contributed by atoms with Gasteiger partial charge in [-0.3, -0.25) is 4.79 Å². The first-order valence-electron chi connectivity index (χ1n) is 7.57. The van der Waals surface area contributed by atoms with Gasteiger partial charge in [0.15, 0.2) is 0 Å². The van der Waals surface area contributed by atoms with E-state index in [9.17, 15) is 9.59 Å². The van der Waals surface area contributed by atoms with Crippen molar-refractivity contribution in [2.45, 2.75) is 38.1 Å². The lowest BCUT2D eigenvalue weighted by molar-refractivity contribution is -0.132. The normalized spacial score (nSPS) is 18.4. The second-order valence-corrected chi connectivity index (χ2v) is 7.37. The molecule has 7 heteroatoms. The Labute approximate surface area is 140 Å². The van der Waals surface area contributed by atoms with Crippen molar-refractivity contribution < 1.29 is 9.59 Å². The second kappa shape index (κ2) is 8.39. The number of likely N-dealkylation sites (tertiary alicyclic amines) is 1. The molecule has 122 valence electrons. The fourth-order valence-corrected chi connectivity index (χ4v) is 3.61. The number of amides is 3. The van der Waals surface area contributed by atoms with E-state index in [-0.39, 0.29) is 18.0 Å². The van der Waals surface area contributed by atoms with Crippen LogP contribution in [0.2, 0.25) is 4.34 Å². The smallest absolute Gasteiger partial charge is 0.315 e. The lowest BCUT2D eigenvalue weighted by atomic mass is 10.1. The zero-order valence-corrected chi connectivity index (χ0v) is 14.3. The minimum absolute atomic E-state index is 0.0518. The molecule has 0 unspecified atom stereocenters. The van der Waals surface area contributed by atoms with Crippen molar-refractivity contribution in [1.82, 2.24) is 15.5 Å². The summed E-state index contributed by atoms with van der Waals surface area (Å²) in [5.74, 6) is 0.145. The van der Waals surface area contributed by atoms with Crippen LogP contribution in [0.1, 0.15) is 30.6 Å². The Bertz CT molecular complexity index is 521. The van der Waals surface area contributed by atoms with Crippen molar-refractivity contribution in [1.29, 1.82) is 0 Å². The second-order valence-electron chi connectivity index (χ2n) is 5.57.